The van der Waals surface area contributed by atoms with Crippen molar-refractivity contribution in [3.63, 3.8) is 0 Å². The number of methoxy groups -OCH3 is 1. The Balaban J connectivity index is 2.44. The van der Waals surface area contributed by atoms with E-state index in [1.54, 1.807) is 19.2 Å². The van der Waals surface area contributed by atoms with Gasteiger partial charge in [-0.1, -0.05) is 12.1 Å². The minimum Gasteiger partial charge on any atom is -0.383 e. The van der Waals surface area contributed by atoms with Gasteiger partial charge in [-0.15, -0.1) is 0 Å². The molecule has 7 nitrogen and oxygen atoms in total. The minimum absolute atomic E-state index is 0.00819. The quantitative estimate of drug-likeness (QED) is 0.419. The van der Waals surface area contributed by atoms with Crippen LogP contribution in [-0.4, -0.2) is 37.6 Å². The SMILES string of the molecule is COCCNC(=O)CNCc1cccc([N+](=O)[O-])c1Br. The summed E-state index contributed by atoms with van der Waals surface area (Å²) in [5.41, 5.74) is 0.734. The molecule has 1 aromatic rings. The van der Waals surface area contributed by atoms with Crippen molar-refractivity contribution < 1.29 is 14.5 Å². The number of nitrogens with zero attached hydrogens (tertiary/aromatic N) is 1. The predicted molar refractivity (Wildman–Crippen MR) is 77.4 cm³/mol. The third-order valence-electron chi connectivity index (χ3n) is 2.48. The Labute approximate surface area is 125 Å². The summed E-state index contributed by atoms with van der Waals surface area (Å²) in [6.07, 6.45) is 0. The molecule has 0 radical (unpaired) electrons. The summed E-state index contributed by atoms with van der Waals surface area (Å²) in [4.78, 5) is 21.7. The number of carbonyl (C=O) groups excluding carboxylic acids is 1. The number of nitrogens with one attached hydrogen (secondary N) is 2. The van der Waals surface area contributed by atoms with Crippen LogP contribution >= 0.6 is 15.9 Å². The van der Waals surface area contributed by atoms with Crippen molar-refractivity contribution in [3.05, 3.63) is 38.3 Å². The zero-order valence-corrected chi connectivity index (χ0v) is 12.6. The molecular formula is C12H16BrN3O4. The third kappa shape index (κ3) is 5.24. The summed E-state index contributed by atoms with van der Waals surface area (Å²) in [6.45, 7) is 1.42. The molecule has 0 unspecified atom stereocenters. The molecule has 1 rings (SSSR count). The van der Waals surface area contributed by atoms with Gasteiger partial charge in [0.1, 0.15) is 0 Å². The van der Waals surface area contributed by atoms with Gasteiger partial charge >= 0.3 is 0 Å². The molecule has 0 aliphatic heterocycles. The summed E-state index contributed by atoms with van der Waals surface area (Å²) in [6, 6.07) is 4.79. The highest BCUT2D eigenvalue weighted by Gasteiger charge is 2.14. The zero-order chi connectivity index (χ0) is 15.0. The number of carbonyl (C=O) groups is 1. The summed E-state index contributed by atoms with van der Waals surface area (Å²) in [5.74, 6) is -0.149. The van der Waals surface area contributed by atoms with Crippen LogP contribution in [-0.2, 0) is 16.1 Å². The first-order chi connectivity index (χ1) is 9.56. The van der Waals surface area contributed by atoms with Gasteiger partial charge in [-0.2, -0.15) is 0 Å². The van der Waals surface area contributed by atoms with Crippen LogP contribution in [0.2, 0.25) is 0 Å². The normalized spacial score (nSPS) is 10.3. The first-order valence-corrected chi connectivity index (χ1v) is 6.73. The van der Waals surface area contributed by atoms with Gasteiger partial charge in [-0.3, -0.25) is 14.9 Å². The van der Waals surface area contributed by atoms with E-state index in [1.807, 2.05) is 0 Å². The molecule has 0 aliphatic carbocycles. The number of hydrogen-bond acceptors (Lipinski definition) is 5. The van der Waals surface area contributed by atoms with Crippen molar-refractivity contribution >= 4 is 27.5 Å². The van der Waals surface area contributed by atoms with E-state index in [4.69, 9.17) is 4.74 Å². The number of hydrogen-bond donors (Lipinski definition) is 2. The Morgan fingerprint density at radius 3 is 2.90 bits per heavy atom. The predicted octanol–water partition coefficient (Wildman–Crippen LogP) is 1.21. The lowest BCUT2D eigenvalue weighted by Crippen LogP contribution is -2.35. The molecule has 0 spiro atoms. The molecule has 0 aromatic heterocycles. The lowest BCUT2D eigenvalue weighted by molar-refractivity contribution is -0.385. The molecule has 0 saturated heterocycles. The smallest absolute Gasteiger partial charge is 0.283 e. The van der Waals surface area contributed by atoms with Crippen LogP contribution in [0.5, 0.6) is 0 Å². The molecule has 1 aromatic carbocycles. The summed E-state index contributed by atoms with van der Waals surface area (Å²) < 4.78 is 5.24. The van der Waals surface area contributed by atoms with Gasteiger partial charge in [0.25, 0.3) is 5.69 Å². The monoisotopic (exact) mass is 345 g/mol. The van der Waals surface area contributed by atoms with Crippen LogP contribution in [0.15, 0.2) is 22.7 Å². The van der Waals surface area contributed by atoms with Crippen LogP contribution in [0.25, 0.3) is 0 Å². The van der Waals surface area contributed by atoms with Crippen molar-refractivity contribution in [2.75, 3.05) is 26.8 Å². The Bertz CT molecular complexity index is 482. The van der Waals surface area contributed by atoms with Gasteiger partial charge < -0.3 is 15.4 Å². The molecule has 1 amide bonds. The van der Waals surface area contributed by atoms with Crippen molar-refractivity contribution in [2.45, 2.75) is 6.54 Å². The van der Waals surface area contributed by atoms with Crippen LogP contribution in [0.4, 0.5) is 5.69 Å². The molecule has 0 aliphatic rings. The zero-order valence-electron chi connectivity index (χ0n) is 11.0. The maximum atomic E-state index is 11.4. The molecule has 8 heteroatoms. The van der Waals surface area contributed by atoms with E-state index in [2.05, 4.69) is 26.6 Å². The Kier molecular flexibility index (Phi) is 7.13. The number of amides is 1. The molecule has 0 heterocycles. The standard InChI is InChI=1S/C12H16BrN3O4/c1-20-6-5-15-11(17)8-14-7-9-3-2-4-10(12(9)13)16(18)19/h2-4,14H,5-8H2,1H3,(H,15,17). The van der Waals surface area contributed by atoms with Gasteiger partial charge in [-0.05, 0) is 21.5 Å². The van der Waals surface area contributed by atoms with Gasteiger partial charge in [0.2, 0.25) is 5.91 Å². The van der Waals surface area contributed by atoms with Crippen molar-refractivity contribution in [3.8, 4) is 0 Å². The fourth-order valence-corrected chi connectivity index (χ4v) is 2.06. The molecule has 0 bridgehead atoms. The molecule has 0 atom stereocenters. The van der Waals surface area contributed by atoms with Gasteiger partial charge in [-0.25, -0.2) is 0 Å². The van der Waals surface area contributed by atoms with E-state index >= 15 is 0 Å². The Morgan fingerprint density at radius 2 is 2.25 bits per heavy atom. The fraction of sp³-hybridized carbons (Fsp3) is 0.417. The highest BCUT2D eigenvalue weighted by atomic mass is 79.9. The third-order valence-corrected chi connectivity index (χ3v) is 3.40. The molecule has 2 N–H and O–H groups in total. The summed E-state index contributed by atoms with van der Waals surface area (Å²) in [7, 11) is 1.56. The van der Waals surface area contributed by atoms with Crippen molar-refractivity contribution in [1.82, 2.24) is 10.6 Å². The number of nitro groups is 1. The molecule has 20 heavy (non-hydrogen) atoms. The topological polar surface area (TPSA) is 93.5 Å². The second kappa shape index (κ2) is 8.62. The van der Waals surface area contributed by atoms with E-state index in [0.29, 0.717) is 24.2 Å². The first-order valence-electron chi connectivity index (χ1n) is 5.94. The van der Waals surface area contributed by atoms with Crippen LogP contribution in [0, 0.1) is 10.1 Å². The van der Waals surface area contributed by atoms with E-state index < -0.39 is 4.92 Å². The molecular weight excluding hydrogens is 330 g/mol. The molecule has 0 fully saturated rings. The van der Waals surface area contributed by atoms with E-state index in [0.717, 1.165) is 5.56 Å². The number of nitro benzene ring substituents is 1. The van der Waals surface area contributed by atoms with Gasteiger partial charge in [0.15, 0.2) is 0 Å². The summed E-state index contributed by atoms with van der Waals surface area (Å²) >= 11 is 3.20. The largest absolute Gasteiger partial charge is 0.383 e. The number of benzene rings is 1. The van der Waals surface area contributed by atoms with Gasteiger partial charge in [0, 0.05) is 26.3 Å². The molecule has 0 saturated carbocycles. The van der Waals surface area contributed by atoms with Crippen LogP contribution in [0.3, 0.4) is 0 Å². The minimum atomic E-state index is -0.453. The lowest BCUT2D eigenvalue weighted by atomic mass is 10.2. The van der Waals surface area contributed by atoms with E-state index in [1.165, 1.54) is 6.07 Å². The fourth-order valence-electron chi connectivity index (χ4n) is 1.51. The van der Waals surface area contributed by atoms with Gasteiger partial charge in [0.05, 0.1) is 22.5 Å². The second-order valence-corrected chi connectivity index (χ2v) is 4.75. The second-order valence-electron chi connectivity index (χ2n) is 3.95. The Hall–Kier alpha value is -1.51. The number of ether oxygens (including phenoxy) is 1. The molecule has 110 valence electrons. The first kappa shape index (κ1) is 16.5. The maximum absolute atomic E-state index is 11.4. The highest BCUT2D eigenvalue weighted by molar-refractivity contribution is 9.10. The number of halogens is 1. The van der Waals surface area contributed by atoms with E-state index in [-0.39, 0.29) is 18.1 Å². The van der Waals surface area contributed by atoms with Crippen LogP contribution in [0.1, 0.15) is 5.56 Å². The maximum Gasteiger partial charge on any atom is 0.283 e. The summed E-state index contributed by atoms with van der Waals surface area (Å²) in [5, 5.41) is 16.4. The highest BCUT2D eigenvalue weighted by Crippen LogP contribution is 2.27. The lowest BCUT2D eigenvalue weighted by Gasteiger charge is -2.08. The number of rotatable bonds is 8. The average Bonchev–Trinajstić information content (AvgIpc) is 2.40. The van der Waals surface area contributed by atoms with Crippen molar-refractivity contribution in [2.24, 2.45) is 0 Å². The van der Waals surface area contributed by atoms with Crippen molar-refractivity contribution in [1.29, 1.82) is 0 Å². The van der Waals surface area contributed by atoms with E-state index in [9.17, 15) is 14.9 Å². The Morgan fingerprint density at radius 1 is 1.50 bits per heavy atom. The average molecular weight is 346 g/mol. The van der Waals surface area contributed by atoms with Crippen LogP contribution < -0.4 is 10.6 Å².